The molecule has 3 nitrogen and oxygen atoms in total. The minimum Gasteiger partial charge on any atom is -0.328 e. The zero-order valence-corrected chi connectivity index (χ0v) is 6.64. The molecule has 0 aromatic heterocycles. The molecule has 6 heteroatoms. The molecule has 1 unspecified atom stereocenters. The molecule has 12 heavy (non-hydrogen) atoms. The van der Waals surface area contributed by atoms with Gasteiger partial charge in [0.2, 0.25) is 0 Å². The summed E-state index contributed by atoms with van der Waals surface area (Å²) in [6.45, 7) is 1.35. The highest BCUT2D eigenvalue weighted by Crippen LogP contribution is 2.18. The van der Waals surface area contributed by atoms with Crippen molar-refractivity contribution in [2.75, 3.05) is 13.1 Å². The van der Waals surface area contributed by atoms with Crippen LogP contribution in [0.4, 0.5) is 13.2 Å². The van der Waals surface area contributed by atoms with Gasteiger partial charge < -0.3 is 5.73 Å². The number of nitrogens with two attached hydrogens (primary N) is 1. The van der Waals surface area contributed by atoms with E-state index in [4.69, 9.17) is 5.73 Å². The Hall–Kier alpha value is -0.620. The fourth-order valence-corrected chi connectivity index (χ4v) is 0.572. The second kappa shape index (κ2) is 5.10. The summed E-state index contributed by atoms with van der Waals surface area (Å²) in [6.07, 6.45) is -4.31. The first-order chi connectivity index (χ1) is 5.49. The summed E-state index contributed by atoms with van der Waals surface area (Å²) in [7, 11) is 0. The Morgan fingerprint density at radius 3 is 2.50 bits per heavy atom. The van der Waals surface area contributed by atoms with E-state index in [1.165, 1.54) is 6.21 Å². The minimum atomic E-state index is -4.63. The van der Waals surface area contributed by atoms with Gasteiger partial charge in [0.15, 0.2) is 0 Å². The topological polar surface area (TPSA) is 47.6 Å². The van der Waals surface area contributed by atoms with Crippen LogP contribution in [0.3, 0.4) is 0 Å². The van der Waals surface area contributed by atoms with Crippen molar-refractivity contribution in [1.29, 1.82) is 0 Å². The molecule has 0 spiro atoms. The highest BCUT2D eigenvalue weighted by atomic mass is 19.4. The minimum absolute atomic E-state index is 0.0630. The standard InChI is InChI=1S/C6H11F3N2O/c1-2-11-4-5(3-10)12-6(7,8)9/h2,5H,3-4,10H2,1H3. The van der Waals surface area contributed by atoms with Gasteiger partial charge in [0.25, 0.3) is 0 Å². The van der Waals surface area contributed by atoms with Crippen LogP contribution in [0.2, 0.25) is 0 Å². The van der Waals surface area contributed by atoms with E-state index in [0.717, 1.165) is 0 Å². The van der Waals surface area contributed by atoms with Crippen LogP contribution in [-0.4, -0.2) is 31.8 Å². The number of nitrogens with zero attached hydrogens (tertiary/aromatic N) is 1. The summed E-state index contributed by atoms with van der Waals surface area (Å²) in [4.78, 5) is 3.60. The van der Waals surface area contributed by atoms with Gasteiger partial charge in [-0.1, -0.05) is 0 Å². The van der Waals surface area contributed by atoms with Crippen LogP contribution >= 0.6 is 0 Å². The zero-order valence-electron chi connectivity index (χ0n) is 6.64. The summed E-state index contributed by atoms with van der Waals surface area (Å²) in [5, 5.41) is 0. The van der Waals surface area contributed by atoms with E-state index in [9.17, 15) is 13.2 Å². The summed E-state index contributed by atoms with van der Waals surface area (Å²) in [6, 6.07) is 0. The number of halogens is 3. The molecule has 0 aliphatic rings. The van der Waals surface area contributed by atoms with Crippen LogP contribution in [0.1, 0.15) is 6.92 Å². The Labute approximate surface area is 68.4 Å². The average molecular weight is 184 g/mol. The van der Waals surface area contributed by atoms with Gasteiger partial charge in [-0.2, -0.15) is 0 Å². The fraction of sp³-hybridized carbons (Fsp3) is 0.833. The number of hydrogen-bond acceptors (Lipinski definition) is 3. The third kappa shape index (κ3) is 6.11. The van der Waals surface area contributed by atoms with Gasteiger partial charge in [0.05, 0.1) is 12.6 Å². The summed E-state index contributed by atoms with van der Waals surface area (Å²) < 4.78 is 38.4. The largest absolute Gasteiger partial charge is 0.522 e. The van der Waals surface area contributed by atoms with E-state index >= 15 is 0 Å². The summed E-state index contributed by atoms with van der Waals surface area (Å²) in [5.74, 6) is 0. The molecule has 0 radical (unpaired) electrons. The number of hydrogen-bond donors (Lipinski definition) is 1. The van der Waals surface area contributed by atoms with E-state index in [1.54, 1.807) is 6.92 Å². The maximum atomic E-state index is 11.6. The first kappa shape index (κ1) is 11.4. The lowest BCUT2D eigenvalue weighted by molar-refractivity contribution is -0.339. The Bertz CT molecular complexity index is 146. The molecular formula is C6H11F3N2O. The molecule has 0 aliphatic carbocycles. The molecule has 0 amide bonds. The van der Waals surface area contributed by atoms with Crippen molar-refractivity contribution in [2.24, 2.45) is 10.7 Å². The van der Waals surface area contributed by atoms with Gasteiger partial charge in [-0.15, -0.1) is 13.2 Å². The lowest BCUT2D eigenvalue weighted by atomic mass is 10.3. The first-order valence-corrected chi connectivity index (χ1v) is 3.38. The monoisotopic (exact) mass is 184 g/mol. The molecule has 0 aromatic rings. The number of aliphatic imine (C=N–C) groups is 1. The molecule has 0 rings (SSSR count). The quantitative estimate of drug-likeness (QED) is 0.661. The van der Waals surface area contributed by atoms with E-state index < -0.39 is 12.5 Å². The Balaban J connectivity index is 3.83. The number of ether oxygens (including phenoxy) is 1. The molecule has 72 valence electrons. The van der Waals surface area contributed by atoms with Gasteiger partial charge >= 0.3 is 6.36 Å². The van der Waals surface area contributed by atoms with Crippen molar-refractivity contribution in [3.05, 3.63) is 0 Å². The number of alkyl halides is 3. The SMILES string of the molecule is CC=NCC(CN)OC(F)(F)F. The summed E-state index contributed by atoms with van der Waals surface area (Å²) in [5.41, 5.74) is 5.02. The van der Waals surface area contributed by atoms with Crippen molar-refractivity contribution < 1.29 is 17.9 Å². The third-order valence-corrected chi connectivity index (χ3v) is 1.05. The Morgan fingerprint density at radius 2 is 2.17 bits per heavy atom. The van der Waals surface area contributed by atoms with Crippen LogP contribution in [0, 0.1) is 0 Å². The van der Waals surface area contributed by atoms with Gasteiger partial charge in [0.1, 0.15) is 0 Å². The van der Waals surface area contributed by atoms with Crippen molar-refractivity contribution in [3.63, 3.8) is 0 Å². The molecule has 0 aromatic carbocycles. The van der Waals surface area contributed by atoms with Gasteiger partial charge in [-0.25, -0.2) is 0 Å². The predicted molar refractivity (Wildman–Crippen MR) is 39.0 cm³/mol. The molecule has 0 heterocycles. The van der Waals surface area contributed by atoms with E-state index in [-0.39, 0.29) is 13.1 Å². The maximum Gasteiger partial charge on any atom is 0.522 e. The second-order valence-electron chi connectivity index (χ2n) is 2.04. The van der Waals surface area contributed by atoms with E-state index in [0.29, 0.717) is 0 Å². The highest BCUT2D eigenvalue weighted by molar-refractivity contribution is 5.53. The van der Waals surface area contributed by atoms with Crippen molar-refractivity contribution >= 4 is 6.21 Å². The van der Waals surface area contributed by atoms with Gasteiger partial charge in [0, 0.05) is 6.54 Å². The molecule has 0 aliphatic heterocycles. The molecule has 0 saturated carbocycles. The predicted octanol–water partition coefficient (Wildman–Crippen LogP) is 0.941. The molecule has 0 saturated heterocycles. The molecule has 0 fully saturated rings. The average Bonchev–Trinajstić information content (AvgIpc) is 1.95. The normalized spacial score (nSPS) is 15.4. The lowest BCUT2D eigenvalue weighted by Crippen LogP contribution is -2.32. The van der Waals surface area contributed by atoms with E-state index in [2.05, 4.69) is 9.73 Å². The smallest absolute Gasteiger partial charge is 0.328 e. The number of rotatable bonds is 4. The second-order valence-corrected chi connectivity index (χ2v) is 2.04. The molecule has 2 N–H and O–H groups in total. The molecule has 1 atom stereocenters. The van der Waals surface area contributed by atoms with Crippen molar-refractivity contribution in [3.8, 4) is 0 Å². The zero-order chi connectivity index (χ0) is 9.61. The van der Waals surface area contributed by atoms with Crippen LogP contribution in [-0.2, 0) is 4.74 Å². The van der Waals surface area contributed by atoms with Crippen LogP contribution in [0.5, 0.6) is 0 Å². The highest BCUT2D eigenvalue weighted by Gasteiger charge is 2.32. The Morgan fingerprint density at radius 1 is 1.58 bits per heavy atom. The first-order valence-electron chi connectivity index (χ1n) is 3.38. The van der Waals surface area contributed by atoms with Gasteiger partial charge in [-0.05, 0) is 13.1 Å². The van der Waals surface area contributed by atoms with Crippen LogP contribution < -0.4 is 5.73 Å². The maximum absolute atomic E-state index is 11.6. The van der Waals surface area contributed by atoms with Gasteiger partial charge in [-0.3, -0.25) is 9.73 Å². The Kier molecular flexibility index (Phi) is 4.84. The van der Waals surface area contributed by atoms with Crippen molar-refractivity contribution in [1.82, 2.24) is 0 Å². The molecule has 0 bridgehead atoms. The van der Waals surface area contributed by atoms with E-state index in [1.807, 2.05) is 0 Å². The summed E-state index contributed by atoms with van der Waals surface area (Å²) >= 11 is 0. The van der Waals surface area contributed by atoms with Crippen LogP contribution in [0.15, 0.2) is 4.99 Å². The lowest BCUT2D eigenvalue weighted by Gasteiger charge is -2.15. The molecular weight excluding hydrogens is 173 g/mol. The van der Waals surface area contributed by atoms with Crippen LogP contribution in [0.25, 0.3) is 0 Å². The van der Waals surface area contributed by atoms with Crippen molar-refractivity contribution in [2.45, 2.75) is 19.4 Å². The third-order valence-electron chi connectivity index (χ3n) is 1.05. The fourth-order valence-electron chi connectivity index (χ4n) is 0.572.